The number of halogens is 1. The minimum atomic E-state index is -4.69. The molecule has 0 amide bonds. The molecule has 10 nitrogen and oxygen atoms in total. The molecule has 0 fully saturated rings. The molecule has 32 heavy (non-hydrogen) atoms. The molecule has 4 rings (SSSR count). The van der Waals surface area contributed by atoms with Crippen molar-refractivity contribution >= 4 is 0 Å². The Morgan fingerprint density at radius 2 is 0.844 bits per heavy atom. The van der Waals surface area contributed by atoms with Crippen molar-refractivity contribution in [2.24, 2.45) is 21.1 Å². The second-order valence-corrected chi connectivity index (χ2v) is 7.58. The van der Waals surface area contributed by atoms with Crippen LogP contribution >= 0.6 is 0 Å². The van der Waals surface area contributed by atoms with Crippen molar-refractivity contribution in [3.63, 3.8) is 0 Å². The van der Waals surface area contributed by atoms with E-state index in [1.54, 1.807) is 0 Å². The van der Waals surface area contributed by atoms with Gasteiger partial charge in [-0.05, 0) is 18.2 Å². The lowest BCUT2D eigenvalue weighted by molar-refractivity contribution is -1.92. The summed E-state index contributed by atoms with van der Waals surface area (Å²) in [5, 5.41) is 0. The Morgan fingerprint density at radius 1 is 0.594 bits per heavy atom. The summed E-state index contributed by atoms with van der Waals surface area (Å²) in [6.07, 6.45) is 5.97. The van der Waals surface area contributed by atoms with E-state index in [1.807, 2.05) is 108 Å². The summed E-state index contributed by atoms with van der Waals surface area (Å²) >= 11 is 0. The predicted octanol–water partition coefficient (Wildman–Crippen LogP) is -2.78. The van der Waals surface area contributed by atoms with E-state index >= 15 is 0 Å². The lowest BCUT2D eigenvalue weighted by Crippen LogP contribution is -2.58. The van der Waals surface area contributed by atoms with Gasteiger partial charge in [-0.2, -0.15) is 42.6 Å². The van der Waals surface area contributed by atoms with Crippen molar-refractivity contribution in [3.05, 3.63) is 73.2 Å². The van der Waals surface area contributed by atoms with Crippen molar-refractivity contribution in [2.45, 2.75) is 0 Å². The van der Waals surface area contributed by atoms with Gasteiger partial charge in [0.15, 0.2) is 18.6 Å². The molecule has 1 N–H and O–H groups in total. The Bertz CT molecular complexity index is 1070. The van der Waals surface area contributed by atoms with Crippen LogP contribution in [0.5, 0.6) is 0 Å². The third-order valence-electron chi connectivity index (χ3n) is 4.49. The topological polar surface area (TPSA) is 140 Å². The van der Waals surface area contributed by atoms with Gasteiger partial charge in [-0.25, -0.2) is 0 Å². The molecule has 0 aliphatic carbocycles. The Hall–Kier alpha value is -3.41. The van der Waals surface area contributed by atoms with Crippen LogP contribution in [0.2, 0.25) is 0 Å². The zero-order valence-electron chi connectivity index (χ0n) is 17.7. The number of nitrogens with zero attached hydrogens (tertiary/aromatic N) is 6. The van der Waals surface area contributed by atoms with E-state index in [9.17, 15) is 0 Å². The first-order valence-electron chi connectivity index (χ1n) is 9.38. The molecule has 0 saturated heterocycles. The Labute approximate surface area is 186 Å². The molecule has 4 heterocycles. The maximum atomic E-state index is 8.60. The number of aromatic nitrogens is 6. The van der Waals surface area contributed by atoms with Gasteiger partial charge in [0, 0.05) is 36.4 Å². The van der Waals surface area contributed by atoms with Crippen LogP contribution in [-0.4, -0.2) is 19.6 Å². The Kier molecular flexibility index (Phi) is 7.13. The fraction of sp³-hybridized carbons (Fsp3) is 0.143. The molecule has 0 radical (unpaired) electrons. The summed E-state index contributed by atoms with van der Waals surface area (Å²) in [4.78, 5) is 14.3. The van der Waals surface area contributed by atoms with Crippen LogP contribution < -0.4 is 27.7 Å². The maximum absolute atomic E-state index is 8.60. The summed E-state index contributed by atoms with van der Waals surface area (Å²) in [6.45, 7) is 0. The third-order valence-corrected chi connectivity index (χ3v) is 4.49. The first kappa shape index (κ1) is 23.3. The SMILES string of the molecule is C[n+]1ccccc1-c1nc(-c2cccc[n+]2C)nc(-c2cccc[n+]2C)n1.[O-][Cl+3]([O-])([O-])O. The molecule has 0 spiro atoms. The predicted molar refractivity (Wildman–Crippen MR) is 102 cm³/mol. The lowest BCUT2D eigenvalue weighted by Gasteiger charge is -2.05. The summed E-state index contributed by atoms with van der Waals surface area (Å²) < 4.78 is 38.8. The van der Waals surface area contributed by atoms with Gasteiger partial charge in [0.05, 0.1) is 14.9 Å². The third kappa shape index (κ3) is 6.06. The average Bonchev–Trinajstić information content (AvgIpc) is 2.73. The molecule has 0 aliphatic rings. The second kappa shape index (κ2) is 9.81. The molecular formula is C21H22ClN6O4+3. The molecule has 0 aromatic carbocycles. The van der Waals surface area contributed by atoms with Gasteiger partial charge in [-0.1, -0.05) is 0 Å². The van der Waals surface area contributed by atoms with Crippen LogP contribution in [0.3, 0.4) is 0 Å². The first-order valence-corrected chi connectivity index (χ1v) is 10.6. The fourth-order valence-corrected chi connectivity index (χ4v) is 2.99. The summed E-state index contributed by atoms with van der Waals surface area (Å²) in [5.74, 6) is 1.93. The smallest absolute Gasteiger partial charge is 0.198 e. The lowest BCUT2D eigenvalue weighted by atomic mass is 10.2. The highest BCUT2D eigenvalue weighted by molar-refractivity contribution is 5.57. The zero-order chi connectivity index (χ0) is 23.3. The second-order valence-electron chi connectivity index (χ2n) is 6.79. The van der Waals surface area contributed by atoms with E-state index in [0.717, 1.165) is 17.1 Å². The largest absolute Gasteiger partial charge is 0.250 e. The van der Waals surface area contributed by atoms with E-state index in [-0.39, 0.29) is 0 Å². The molecule has 0 bridgehead atoms. The van der Waals surface area contributed by atoms with Gasteiger partial charge in [0.2, 0.25) is 34.6 Å². The van der Waals surface area contributed by atoms with Crippen molar-refractivity contribution in [3.8, 4) is 34.6 Å². The Morgan fingerprint density at radius 3 is 1.06 bits per heavy atom. The monoisotopic (exact) mass is 457 g/mol. The molecule has 11 heteroatoms. The molecule has 0 atom stereocenters. The highest BCUT2D eigenvalue weighted by atomic mass is 35.7. The number of aryl methyl sites for hydroxylation is 3. The quantitative estimate of drug-likeness (QED) is 0.328. The van der Waals surface area contributed by atoms with Gasteiger partial charge in [0.25, 0.3) is 0 Å². The zero-order valence-corrected chi connectivity index (χ0v) is 18.4. The summed E-state index contributed by atoms with van der Waals surface area (Å²) in [6, 6.07) is 18.0. The highest BCUT2D eigenvalue weighted by Gasteiger charge is 2.23. The van der Waals surface area contributed by atoms with Crippen LogP contribution in [0.15, 0.2) is 73.2 Å². The molecule has 0 aliphatic heterocycles. The fourth-order valence-electron chi connectivity index (χ4n) is 2.99. The van der Waals surface area contributed by atoms with Crippen LogP contribution in [0.1, 0.15) is 0 Å². The minimum absolute atomic E-state index is 0.644. The molecule has 0 saturated carbocycles. The van der Waals surface area contributed by atoms with Gasteiger partial charge < -0.3 is 0 Å². The van der Waals surface area contributed by atoms with Crippen LogP contribution in [0.4, 0.5) is 0 Å². The molecule has 0 unspecified atom stereocenters. The van der Waals surface area contributed by atoms with Crippen molar-refractivity contribution in [2.75, 3.05) is 0 Å². The Balaban J connectivity index is 0.000000523. The van der Waals surface area contributed by atoms with Crippen LogP contribution in [0, 0.1) is 10.2 Å². The normalized spacial score (nSPS) is 11.0. The van der Waals surface area contributed by atoms with Crippen LogP contribution in [0.25, 0.3) is 34.6 Å². The van der Waals surface area contributed by atoms with Gasteiger partial charge in [-0.3, -0.25) is 0 Å². The summed E-state index contributed by atoms with van der Waals surface area (Å²) in [7, 11) is 1.27. The van der Waals surface area contributed by atoms with E-state index < -0.39 is 10.2 Å². The van der Waals surface area contributed by atoms with E-state index in [2.05, 4.69) is 0 Å². The molecule has 4 aromatic heterocycles. The average molecular weight is 458 g/mol. The van der Waals surface area contributed by atoms with Crippen LogP contribution in [-0.2, 0) is 21.1 Å². The first-order chi connectivity index (χ1) is 15.1. The molecule has 4 aromatic rings. The standard InChI is InChI=1S/C21H21N6.ClHO4/c1-25-13-7-4-10-16(25)19-22-20(17-11-5-8-14-26(17)2)24-21(23-19)18-12-6-9-15-27(18)3;2-1(3,4)5/h4-15H,1-3H3;(H,2,3,4,5)/q+3;. The number of rotatable bonds is 3. The molecular weight excluding hydrogens is 436 g/mol. The van der Waals surface area contributed by atoms with Gasteiger partial charge in [0.1, 0.15) is 21.1 Å². The maximum Gasteiger partial charge on any atom is 0.250 e. The molecule has 164 valence electrons. The van der Waals surface area contributed by atoms with Gasteiger partial charge >= 0.3 is 0 Å². The van der Waals surface area contributed by atoms with Crippen molar-refractivity contribution in [1.82, 2.24) is 15.0 Å². The van der Waals surface area contributed by atoms with Crippen molar-refractivity contribution < 1.29 is 42.6 Å². The van der Waals surface area contributed by atoms with Crippen molar-refractivity contribution in [1.29, 1.82) is 0 Å². The minimum Gasteiger partial charge on any atom is -0.198 e. The van der Waals surface area contributed by atoms with E-state index in [1.165, 1.54) is 0 Å². The number of hydrogen-bond acceptors (Lipinski definition) is 7. The number of pyridine rings is 3. The number of hydrogen-bond donors (Lipinski definition) is 1. The van der Waals surface area contributed by atoms with E-state index in [0.29, 0.717) is 17.5 Å². The summed E-state index contributed by atoms with van der Waals surface area (Å²) in [5.41, 5.74) is 2.79. The highest BCUT2D eigenvalue weighted by Crippen LogP contribution is 2.19. The van der Waals surface area contributed by atoms with Gasteiger partial charge in [-0.15, -0.1) is 0 Å². The van der Waals surface area contributed by atoms with E-state index in [4.69, 9.17) is 33.6 Å².